The summed E-state index contributed by atoms with van der Waals surface area (Å²) in [5, 5.41) is 9.55. The van der Waals surface area contributed by atoms with Crippen LogP contribution in [0.4, 0.5) is 5.82 Å². The summed E-state index contributed by atoms with van der Waals surface area (Å²) >= 11 is 0. The molecular formula is C12H14N4O2. The molecule has 0 unspecified atom stereocenters. The maximum Gasteiger partial charge on any atom is 0.258 e. The molecule has 6 heteroatoms. The van der Waals surface area contributed by atoms with Crippen LogP contribution >= 0.6 is 0 Å². The van der Waals surface area contributed by atoms with Crippen LogP contribution in [0, 0.1) is 13.8 Å². The van der Waals surface area contributed by atoms with Gasteiger partial charge in [-0.25, -0.2) is 4.98 Å². The predicted octanol–water partition coefficient (Wildman–Crippen LogP) is 1.68. The Morgan fingerprint density at radius 1 is 1.39 bits per heavy atom. The minimum absolute atomic E-state index is 0.250. The summed E-state index contributed by atoms with van der Waals surface area (Å²) in [7, 11) is 1.53. The van der Waals surface area contributed by atoms with E-state index in [9.17, 15) is 4.79 Å². The number of nitrogens with one attached hydrogen (secondary N) is 2. The summed E-state index contributed by atoms with van der Waals surface area (Å²) in [5.74, 6) is 0.756. The second kappa shape index (κ2) is 4.87. The second-order valence-electron chi connectivity index (χ2n) is 3.87. The monoisotopic (exact) mass is 246 g/mol. The fourth-order valence-corrected chi connectivity index (χ4v) is 1.42. The molecule has 0 spiro atoms. The molecule has 2 aromatic heterocycles. The van der Waals surface area contributed by atoms with Crippen molar-refractivity contribution < 1.29 is 9.53 Å². The minimum Gasteiger partial charge on any atom is -0.481 e. The van der Waals surface area contributed by atoms with E-state index in [4.69, 9.17) is 4.74 Å². The molecule has 0 aliphatic carbocycles. The molecule has 2 N–H and O–H groups in total. The van der Waals surface area contributed by atoms with Crippen molar-refractivity contribution in [1.29, 1.82) is 0 Å². The van der Waals surface area contributed by atoms with Gasteiger partial charge in [0.05, 0.1) is 12.7 Å². The van der Waals surface area contributed by atoms with Crippen LogP contribution in [0.5, 0.6) is 5.88 Å². The molecule has 1 amide bonds. The van der Waals surface area contributed by atoms with Gasteiger partial charge in [-0.1, -0.05) is 0 Å². The van der Waals surface area contributed by atoms with E-state index in [-0.39, 0.29) is 5.91 Å². The molecule has 2 heterocycles. The number of H-pyrrole nitrogens is 1. The van der Waals surface area contributed by atoms with Gasteiger partial charge >= 0.3 is 0 Å². The standard InChI is InChI=1S/C12H14N4O2/c1-7-8(2)15-16-11(7)14-12(17)9-4-5-10(18-3)13-6-9/h4-6H,1-3H3,(H2,14,15,16,17). The number of nitrogens with zero attached hydrogens (tertiary/aromatic N) is 2. The van der Waals surface area contributed by atoms with Crippen molar-refractivity contribution in [2.45, 2.75) is 13.8 Å². The lowest BCUT2D eigenvalue weighted by Crippen LogP contribution is -2.13. The van der Waals surface area contributed by atoms with E-state index in [2.05, 4.69) is 20.5 Å². The summed E-state index contributed by atoms with van der Waals surface area (Å²) in [6.45, 7) is 3.79. The zero-order chi connectivity index (χ0) is 13.1. The number of methoxy groups -OCH3 is 1. The fraction of sp³-hybridized carbons (Fsp3) is 0.250. The Bertz CT molecular complexity index is 560. The van der Waals surface area contributed by atoms with E-state index >= 15 is 0 Å². The summed E-state index contributed by atoms with van der Waals surface area (Å²) in [6, 6.07) is 3.29. The SMILES string of the molecule is COc1ccc(C(=O)Nc2n[nH]c(C)c2C)cn1. The lowest BCUT2D eigenvalue weighted by atomic mass is 10.2. The number of aryl methyl sites for hydroxylation is 1. The van der Waals surface area contributed by atoms with Gasteiger partial charge in [0.25, 0.3) is 5.91 Å². The molecule has 2 rings (SSSR count). The Kier molecular flexibility index (Phi) is 3.27. The number of aromatic amines is 1. The van der Waals surface area contributed by atoms with Crippen molar-refractivity contribution in [2.75, 3.05) is 12.4 Å². The Hall–Kier alpha value is -2.37. The first-order valence-electron chi connectivity index (χ1n) is 5.44. The molecule has 0 aliphatic rings. The number of ether oxygens (including phenoxy) is 1. The van der Waals surface area contributed by atoms with Crippen molar-refractivity contribution in [3.05, 3.63) is 35.2 Å². The highest BCUT2D eigenvalue weighted by atomic mass is 16.5. The Labute approximate surface area is 104 Å². The predicted molar refractivity (Wildman–Crippen MR) is 66.8 cm³/mol. The maximum atomic E-state index is 11.9. The van der Waals surface area contributed by atoms with Crippen LogP contribution in [-0.4, -0.2) is 28.2 Å². The minimum atomic E-state index is -0.250. The average Bonchev–Trinajstić information content (AvgIpc) is 2.71. The van der Waals surface area contributed by atoms with E-state index < -0.39 is 0 Å². The van der Waals surface area contributed by atoms with E-state index in [1.165, 1.54) is 13.3 Å². The van der Waals surface area contributed by atoms with Gasteiger partial charge < -0.3 is 10.1 Å². The van der Waals surface area contributed by atoms with Gasteiger partial charge in [0.1, 0.15) is 0 Å². The first kappa shape index (κ1) is 12.1. The Morgan fingerprint density at radius 2 is 2.17 bits per heavy atom. The topological polar surface area (TPSA) is 79.9 Å². The van der Waals surface area contributed by atoms with Crippen LogP contribution in [-0.2, 0) is 0 Å². The molecule has 0 aromatic carbocycles. The average molecular weight is 246 g/mol. The molecule has 0 radical (unpaired) electrons. The third kappa shape index (κ3) is 2.32. The number of hydrogen-bond donors (Lipinski definition) is 2. The van der Waals surface area contributed by atoms with Crippen LogP contribution in [0.3, 0.4) is 0 Å². The van der Waals surface area contributed by atoms with E-state index in [0.29, 0.717) is 17.3 Å². The van der Waals surface area contributed by atoms with Gasteiger partial charge in [0.15, 0.2) is 5.82 Å². The number of hydrogen-bond acceptors (Lipinski definition) is 4. The number of carbonyl (C=O) groups excluding carboxylic acids is 1. The summed E-state index contributed by atoms with van der Waals surface area (Å²) < 4.78 is 4.93. The number of pyridine rings is 1. The molecule has 0 aliphatic heterocycles. The van der Waals surface area contributed by atoms with Crippen molar-refractivity contribution in [2.24, 2.45) is 0 Å². The third-order valence-corrected chi connectivity index (χ3v) is 2.69. The van der Waals surface area contributed by atoms with Crippen LogP contribution < -0.4 is 10.1 Å². The normalized spacial score (nSPS) is 10.2. The van der Waals surface area contributed by atoms with Crippen LogP contribution in [0.25, 0.3) is 0 Å². The summed E-state index contributed by atoms with van der Waals surface area (Å²) in [5.41, 5.74) is 2.30. The summed E-state index contributed by atoms with van der Waals surface area (Å²) in [6.07, 6.45) is 1.46. The lowest BCUT2D eigenvalue weighted by molar-refractivity contribution is 0.102. The highest BCUT2D eigenvalue weighted by Crippen LogP contribution is 2.15. The first-order valence-corrected chi connectivity index (χ1v) is 5.44. The summed E-state index contributed by atoms with van der Waals surface area (Å²) in [4.78, 5) is 15.9. The van der Waals surface area contributed by atoms with Gasteiger partial charge in [0, 0.05) is 23.5 Å². The number of carbonyl (C=O) groups is 1. The van der Waals surface area contributed by atoms with E-state index in [1.54, 1.807) is 12.1 Å². The molecule has 2 aromatic rings. The van der Waals surface area contributed by atoms with Crippen LogP contribution in [0.1, 0.15) is 21.6 Å². The smallest absolute Gasteiger partial charge is 0.258 e. The number of amides is 1. The van der Waals surface area contributed by atoms with Gasteiger partial charge in [-0.3, -0.25) is 9.89 Å². The highest BCUT2D eigenvalue weighted by Gasteiger charge is 2.11. The second-order valence-corrected chi connectivity index (χ2v) is 3.87. The number of rotatable bonds is 3. The Balaban J connectivity index is 2.14. The first-order chi connectivity index (χ1) is 8.61. The van der Waals surface area contributed by atoms with Crippen molar-refractivity contribution in [3.8, 4) is 5.88 Å². The largest absolute Gasteiger partial charge is 0.481 e. The van der Waals surface area contributed by atoms with Gasteiger partial charge in [-0.15, -0.1) is 0 Å². The third-order valence-electron chi connectivity index (χ3n) is 2.69. The molecule has 0 bridgehead atoms. The van der Waals surface area contributed by atoms with Crippen LogP contribution in [0.2, 0.25) is 0 Å². The van der Waals surface area contributed by atoms with Gasteiger partial charge in [0.2, 0.25) is 5.88 Å². The zero-order valence-corrected chi connectivity index (χ0v) is 10.4. The Morgan fingerprint density at radius 3 is 2.67 bits per heavy atom. The number of anilines is 1. The van der Waals surface area contributed by atoms with Gasteiger partial charge in [-0.05, 0) is 19.9 Å². The highest BCUT2D eigenvalue weighted by molar-refractivity contribution is 6.03. The molecule has 0 atom stereocenters. The quantitative estimate of drug-likeness (QED) is 0.863. The molecule has 6 nitrogen and oxygen atoms in total. The van der Waals surface area contributed by atoms with E-state index in [1.807, 2.05) is 13.8 Å². The molecule has 0 fully saturated rings. The lowest BCUT2D eigenvalue weighted by Gasteiger charge is -2.03. The van der Waals surface area contributed by atoms with E-state index in [0.717, 1.165) is 11.3 Å². The molecule has 18 heavy (non-hydrogen) atoms. The fourth-order valence-electron chi connectivity index (χ4n) is 1.42. The molecular weight excluding hydrogens is 232 g/mol. The van der Waals surface area contributed by atoms with Crippen molar-refractivity contribution in [1.82, 2.24) is 15.2 Å². The maximum absolute atomic E-state index is 11.9. The van der Waals surface area contributed by atoms with Crippen molar-refractivity contribution >= 4 is 11.7 Å². The molecule has 0 saturated heterocycles. The van der Waals surface area contributed by atoms with Crippen LogP contribution in [0.15, 0.2) is 18.3 Å². The molecule has 0 saturated carbocycles. The van der Waals surface area contributed by atoms with Crippen molar-refractivity contribution in [3.63, 3.8) is 0 Å². The molecule has 94 valence electrons. The number of aromatic nitrogens is 3. The van der Waals surface area contributed by atoms with Gasteiger partial charge in [-0.2, -0.15) is 5.10 Å². The zero-order valence-electron chi connectivity index (χ0n) is 10.4.